The summed E-state index contributed by atoms with van der Waals surface area (Å²) in [6.45, 7) is 12.3. The van der Waals surface area contributed by atoms with Crippen molar-refractivity contribution in [1.82, 2.24) is 5.32 Å². The Hall–Kier alpha value is -1.02. The molecule has 2 heteroatoms. The maximum absolute atomic E-state index is 3.74. The number of nitrogens with one attached hydrogen (secondary N) is 1. The zero-order valence-electron chi connectivity index (χ0n) is 13.5. The smallest absolute Gasteiger partial charge is 0.0366 e. The Morgan fingerprint density at radius 3 is 2.20 bits per heavy atom. The number of benzene rings is 1. The van der Waals surface area contributed by atoms with E-state index in [4.69, 9.17) is 0 Å². The summed E-state index contributed by atoms with van der Waals surface area (Å²) in [5.74, 6) is 1.68. The minimum absolute atomic E-state index is 0.701. The predicted molar refractivity (Wildman–Crippen MR) is 88.2 cm³/mol. The van der Waals surface area contributed by atoms with E-state index in [1.165, 1.54) is 24.1 Å². The Bertz CT molecular complexity index is 394. The molecule has 20 heavy (non-hydrogen) atoms. The second-order valence-corrected chi connectivity index (χ2v) is 6.24. The zero-order valence-corrected chi connectivity index (χ0v) is 13.5. The van der Waals surface area contributed by atoms with Crippen molar-refractivity contribution in [2.75, 3.05) is 18.0 Å². The Morgan fingerprint density at radius 2 is 1.70 bits per heavy atom. The normalized spacial score (nSPS) is 25.9. The highest BCUT2D eigenvalue weighted by Gasteiger charge is 2.28. The maximum Gasteiger partial charge on any atom is 0.0366 e. The Morgan fingerprint density at radius 1 is 1.05 bits per heavy atom. The predicted octanol–water partition coefficient (Wildman–Crippen LogP) is 4.06. The molecule has 0 spiro atoms. The summed E-state index contributed by atoms with van der Waals surface area (Å²) in [6.07, 6.45) is 2.71. The van der Waals surface area contributed by atoms with E-state index in [1.807, 2.05) is 0 Å². The molecular weight excluding hydrogens is 244 g/mol. The molecule has 3 atom stereocenters. The van der Waals surface area contributed by atoms with Gasteiger partial charge >= 0.3 is 0 Å². The molecule has 0 radical (unpaired) electrons. The molecule has 0 aromatic heterocycles. The lowest BCUT2D eigenvalue weighted by atomic mass is 9.97. The summed E-state index contributed by atoms with van der Waals surface area (Å²) in [6, 6.07) is 9.75. The summed E-state index contributed by atoms with van der Waals surface area (Å²) in [4.78, 5) is 2.39. The van der Waals surface area contributed by atoms with Crippen LogP contribution in [0.5, 0.6) is 0 Å². The Balaban J connectivity index is 1.88. The average molecular weight is 274 g/mol. The van der Waals surface area contributed by atoms with Gasteiger partial charge in [-0.15, -0.1) is 0 Å². The lowest BCUT2D eigenvalue weighted by Crippen LogP contribution is -2.31. The van der Waals surface area contributed by atoms with E-state index >= 15 is 0 Å². The summed E-state index contributed by atoms with van der Waals surface area (Å²) >= 11 is 0. The number of anilines is 1. The van der Waals surface area contributed by atoms with Crippen molar-refractivity contribution < 1.29 is 0 Å². The van der Waals surface area contributed by atoms with Crippen LogP contribution in [0.25, 0.3) is 0 Å². The van der Waals surface area contributed by atoms with Crippen molar-refractivity contribution in [3.8, 4) is 0 Å². The van der Waals surface area contributed by atoms with Crippen LogP contribution >= 0.6 is 0 Å². The van der Waals surface area contributed by atoms with Gasteiger partial charge in [0.2, 0.25) is 0 Å². The maximum atomic E-state index is 3.74. The topological polar surface area (TPSA) is 15.3 Å². The van der Waals surface area contributed by atoms with Crippen LogP contribution in [0.3, 0.4) is 0 Å². The molecule has 2 rings (SSSR count). The van der Waals surface area contributed by atoms with Crippen LogP contribution in [-0.2, 0) is 6.54 Å². The quantitative estimate of drug-likeness (QED) is 0.841. The van der Waals surface area contributed by atoms with Crippen LogP contribution in [0, 0.1) is 11.8 Å². The summed E-state index contributed by atoms with van der Waals surface area (Å²) < 4.78 is 0. The fraction of sp³-hybridized carbons (Fsp3) is 0.667. The van der Waals surface area contributed by atoms with Crippen molar-refractivity contribution in [2.45, 2.75) is 53.1 Å². The van der Waals surface area contributed by atoms with E-state index < -0.39 is 0 Å². The largest absolute Gasteiger partial charge is 0.372 e. The molecular formula is C18H30N2. The van der Waals surface area contributed by atoms with E-state index in [0.29, 0.717) is 6.04 Å². The van der Waals surface area contributed by atoms with Crippen LogP contribution in [0.4, 0.5) is 5.69 Å². The number of rotatable bonds is 6. The third-order valence-corrected chi connectivity index (χ3v) is 5.10. The van der Waals surface area contributed by atoms with Gasteiger partial charge in [-0.2, -0.15) is 0 Å². The Labute approximate surface area is 124 Å². The van der Waals surface area contributed by atoms with Gasteiger partial charge in [0.1, 0.15) is 0 Å². The summed E-state index contributed by atoms with van der Waals surface area (Å²) in [7, 11) is 0. The molecule has 0 aliphatic heterocycles. The van der Waals surface area contributed by atoms with E-state index in [-0.39, 0.29) is 0 Å². The van der Waals surface area contributed by atoms with Gasteiger partial charge in [0, 0.05) is 31.4 Å². The van der Waals surface area contributed by atoms with Crippen molar-refractivity contribution >= 4 is 5.69 Å². The lowest BCUT2D eigenvalue weighted by molar-refractivity contribution is 0.370. The standard InChI is InChI=1S/C18H30N2/c1-5-20(6-2)17-10-8-16(9-11-17)13-19-18-12-7-14(3)15(18)4/h8-11,14-15,18-19H,5-7,12-13H2,1-4H3. The van der Waals surface area contributed by atoms with Gasteiger partial charge in [-0.3, -0.25) is 0 Å². The van der Waals surface area contributed by atoms with Gasteiger partial charge in [-0.25, -0.2) is 0 Å². The minimum Gasteiger partial charge on any atom is -0.372 e. The first-order valence-electron chi connectivity index (χ1n) is 8.23. The summed E-state index contributed by atoms with van der Waals surface area (Å²) in [5.41, 5.74) is 2.73. The first-order valence-corrected chi connectivity index (χ1v) is 8.23. The molecule has 1 aliphatic carbocycles. The number of hydrogen-bond donors (Lipinski definition) is 1. The first kappa shape index (κ1) is 15.4. The molecule has 1 saturated carbocycles. The molecule has 1 fully saturated rings. The number of nitrogens with zero attached hydrogens (tertiary/aromatic N) is 1. The second-order valence-electron chi connectivity index (χ2n) is 6.24. The van der Waals surface area contributed by atoms with Crippen molar-refractivity contribution in [3.63, 3.8) is 0 Å². The van der Waals surface area contributed by atoms with Gasteiger partial charge in [0.05, 0.1) is 0 Å². The molecule has 1 aromatic carbocycles. The molecule has 0 amide bonds. The fourth-order valence-electron chi connectivity index (χ4n) is 3.32. The molecule has 112 valence electrons. The molecule has 1 aliphatic rings. The Kier molecular flexibility index (Phi) is 5.47. The molecule has 3 unspecified atom stereocenters. The lowest BCUT2D eigenvalue weighted by Gasteiger charge is -2.22. The highest BCUT2D eigenvalue weighted by atomic mass is 15.1. The second kappa shape index (κ2) is 7.12. The molecule has 0 bridgehead atoms. The molecule has 1 aromatic rings. The van der Waals surface area contributed by atoms with Crippen LogP contribution in [-0.4, -0.2) is 19.1 Å². The van der Waals surface area contributed by atoms with Crippen molar-refractivity contribution in [1.29, 1.82) is 0 Å². The van der Waals surface area contributed by atoms with Gasteiger partial charge in [0.25, 0.3) is 0 Å². The van der Waals surface area contributed by atoms with Crippen LogP contribution < -0.4 is 10.2 Å². The van der Waals surface area contributed by atoms with E-state index in [2.05, 4.69) is 62.2 Å². The van der Waals surface area contributed by atoms with E-state index in [1.54, 1.807) is 0 Å². The summed E-state index contributed by atoms with van der Waals surface area (Å²) in [5, 5.41) is 3.74. The van der Waals surface area contributed by atoms with Crippen molar-refractivity contribution in [3.05, 3.63) is 29.8 Å². The van der Waals surface area contributed by atoms with Crippen LogP contribution in [0.1, 0.15) is 46.1 Å². The molecule has 0 saturated heterocycles. The third-order valence-electron chi connectivity index (χ3n) is 5.10. The first-order chi connectivity index (χ1) is 9.65. The van der Waals surface area contributed by atoms with Gasteiger partial charge in [-0.05, 0) is 56.2 Å². The minimum atomic E-state index is 0.701. The number of hydrogen-bond acceptors (Lipinski definition) is 2. The van der Waals surface area contributed by atoms with Gasteiger partial charge in [0.15, 0.2) is 0 Å². The third kappa shape index (κ3) is 3.54. The average Bonchev–Trinajstić information content (AvgIpc) is 2.79. The van der Waals surface area contributed by atoms with Crippen LogP contribution in [0.2, 0.25) is 0 Å². The monoisotopic (exact) mass is 274 g/mol. The van der Waals surface area contributed by atoms with Gasteiger partial charge in [-0.1, -0.05) is 26.0 Å². The zero-order chi connectivity index (χ0) is 14.5. The molecule has 2 nitrogen and oxygen atoms in total. The van der Waals surface area contributed by atoms with E-state index in [0.717, 1.165) is 31.5 Å². The molecule has 0 heterocycles. The van der Waals surface area contributed by atoms with Crippen LogP contribution in [0.15, 0.2) is 24.3 Å². The fourth-order valence-corrected chi connectivity index (χ4v) is 3.32. The van der Waals surface area contributed by atoms with Gasteiger partial charge < -0.3 is 10.2 Å². The highest BCUT2D eigenvalue weighted by molar-refractivity contribution is 5.47. The molecule has 1 N–H and O–H groups in total. The van der Waals surface area contributed by atoms with E-state index in [9.17, 15) is 0 Å². The SMILES string of the molecule is CCN(CC)c1ccc(CNC2CCC(C)C2C)cc1. The van der Waals surface area contributed by atoms with Crippen molar-refractivity contribution in [2.24, 2.45) is 11.8 Å². The highest BCUT2D eigenvalue weighted by Crippen LogP contribution is 2.31.